The lowest BCUT2D eigenvalue weighted by molar-refractivity contribution is -0.135. The van der Waals surface area contributed by atoms with E-state index in [0.717, 1.165) is 5.56 Å². The fraction of sp³-hybridized carbons (Fsp3) is 0.481. The van der Waals surface area contributed by atoms with Gasteiger partial charge in [0.1, 0.15) is 5.75 Å². The minimum Gasteiger partial charge on any atom is -0.483 e. The number of aliphatic hydroxyl groups excluding tert-OH is 2. The third-order valence-electron chi connectivity index (χ3n) is 7.57. The lowest BCUT2D eigenvalue weighted by Crippen LogP contribution is -2.51. The van der Waals surface area contributed by atoms with Crippen LogP contribution in [-0.4, -0.2) is 84.1 Å². The number of para-hydroxylation sites is 1. The number of piperidine rings is 1. The van der Waals surface area contributed by atoms with E-state index in [9.17, 15) is 19.8 Å². The Labute approximate surface area is 210 Å². The number of carbonyl (C=O) groups excluding carboxylic acids is 2. The second kappa shape index (κ2) is 9.99. The SMILES string of the molecule is CN1CC2(CCN(C(=O)c3ccc4c(c3)OCO4)CC2)C[C@@H](O)[C@@H](O)Cc2ccccc2OCC1=O. The van der Waals surface area contributed by atoms with Gasteiger partial charge in [-0.15, -0.1) is 0 Å². The molecule has 3 aliphatic rings. The van der Waals surface area contributed by atoms with Gasteiger partial charge < -0.3 is 34.2 Å². The molecule has 0 aliphatic carbocycles. The van der Waals surface area contributed by atoms with Gasteiger partial charge >= 0.3 is 0 Å². The van der Waals surface area contributed by atoms with Gasteiger partial charge in [0.15, 0.2) is 18.1 Å². The number of rotatable bonds is 1. The molecule has 2 amide bonds. The van der Waals surface area contributed by atoms with Crippen molar-refractivity contribution in [2.24, 2.45) is 5.41 Å². The molecule has 0 radical (unpaired) electrons. The predicted molar refractivity (Wildman–Crippen MR) is 130 cm³/mol. The maximum Gasteiger partial charge on any atom is 0.260 e. The number of ether oxygens (including phenoxy) is 3. The number of amides is 2. The molecule has 3 heterocycles. The standard InChI is InChI=1S/C27H32N2O7/c1-28-16-27(14-21(31)20(30)12-18-4-2-3-5-22(18)34-15-25(28)32)8-10-29(11-9-27)26(33)19-6-7-23-24(13-19)36-17-35-23/h2-7,13,20-21,30-31H,8-12,14-17H2,1H3/t20-,21+/m0/s1. The molecule has 1 fully saturated rings. The topological polar surface area (TPSA) is 109 Å². The number of aliphatic hydroxyl groups is 2. The van der Waals surface area contributed by atoms with Gasteiger partial charge in [0.05, 0.1) is 12.2 Å². The Balaban J connectivity index is 1.32. The van der Waals surface area contributed by atoms with E-state index in [2.05, 4.69) is 0 Å². The zero-order valence-electron chi connectivity index (χ0n) is 20.4. The summed E-state index contributed by atoms with van der Waals surface area (Å²) in [5.74, 6) is 1.49. The Kier molecular flexibility index (Phi) is 6.77. The number of fused-ring (bicyclic) bond motifs is 2. The van der Waals surface area contributed by atoms with Crippen LogP contribution >= 0.6 is 0 Å². The van der Waals surface area contributed by atoms with Crippen molar-refractivity contribution in [3.63, 3.8) is 0 Å². The Hall–Kier alpha value is -3.30. The van der Waals surface area contributed by atoms with Gasteiger partial charge in [-0.2, -0.15) is 0 Å². The Morgan fingerprint density at radius 2 is 1.72 bits per heavy atom. The van der Waals surface area contributed by atoms with Gasteiger partial charge in [-0.05, 0) is 54.5 Å². The molecule has 5 rings (SSSR count). The first kappa shape index (κ1) is 24.4. The van der Waals surface area contributed by atoms with Crippen LogP contribution in [0.4, 0.5) is 0 Å². The van der Waals surface area contributed by atoms with E-state index in [1.165, 1.54) is 0 Å². The molecule has 2 N–H and O–H groups in total. The molecule has 0 saturated carbocycles. The van der Waals surface area contributed by atoms with E-state index >= 15 is 0 Å². The summed E-state index contributed by atoms with van der Waals surface area (Å²) in [5.41, 5.74) is 0.848. The molecule has 0 aromatic heterocycles. The average molecular weight is 497 g/mol. The van der Waals surface area contributed by atoms with Crippen molar-refractivity contribution in [2.45, 2.75) is 37.9 Å². The highest BCUT2D eigenvalue weighted by molar-refractivity contribution is 5.95. The highest BCUT2D eigenvalue weighted by Crippen LogP contribution is 2.39. The molecule has 36 heavy (non-hydrogen) atoms. The first-order chi connectivity index (χ1) is 17.3. The van der Waals surface area contributed by atoms with E-state index in [4.69, 9.17) is 14.2 Å². The van der Waals surface area contributed by atoms with Gasteiger partial charge in [-0.1, -0.05) is 18.2 Å². The van der Waals surface area contributed by atoms with Crippen molar-refractivity contribution in [1.82, 2.24) is 9.80 Å². The number of likely N-dealkylation sites (tertiary alicyclic amines) is 1. The minimum atomic E-state index is -0.975. The second-order valence-corrected chi connectivity index (χ2v) is 10.0. The van der Waals surface area contributed by atoms with Crippen molar-refractivity contribution in [3.8, 4) is 17.2 Å². The van der Waals surface area contributed by atoms with Crippen LogP contribution < -0.4 is 14.2 Å². The van der Waals surface area contributed by atoms with Crippen molar-refractivity contribution in [2.75, 3.05) is 40.1 Å². The summed E-state index contributed by atoms with van der Waals surface area (Å²) in [6.07, 6.45) is -0.186. The van der Waals surface area contributed by atoms with Gasteiger partial charge in [0.25, 0.3) is 11.8 Å². The van der Waals surface area contributed by atoms with E-state index in [0.29, 0.717) is 61.7 Å². The number of benzene rings is 2. The second-order valence-electron chi connectivity index (χ2n) is 10.0. The monoisotopic (exact) mass is 496 g/mol. The average Bonchev–Trinajstić information content (AvgIpc) is 3.35. The zero-order chi connectivity index (χ0) is 25.3. The third-order valence-corrected chi connectivity index (χ3v) is 7.57. The molecule has 0 bridgehead atoms. The molecule has 1 saturated heterocycles. The maximum absolute atomic E-state index is 13.2. The van der Waals surface area contributed by atoms with Crippen molar-refractivity contribution < 1.29 is 34.0 Å². The molecular weight excluding hydrogens is 464 g/mol. The zero-order valence-corrected chi connectivity index (χ0v) is 20.4. The molecule has 0 unspecified atom stereocenters. The maximum atomic E-state index is 13.2. The molecule has 3 aliphatic heterocycles. The molecule has 1 spiro atoms. The van der Waals surface area contributed by atoms with Gasteiger partial charge in [0.2, 0.25) is 6.79 Å². The Bertz CT molecular complexity index is 1130. The summed E-state index contributed by atoms with van der Waals surface area (Å²) >= 11 is 0. The minimum absolute atomic E-state index is 0.0914. The van der Waals surface area contributed by atoms with Crippen LogP contribution in [0.2, 0.25) is 0 Å². The van der Waals surface area contributed by atoms with Crippen LogP contribution in [0, 0.1) is 5.41 Å². The molecular formula is C27H32N2O7. The third kappa shape index (κ3) is 4.99. The van der Waals surface area contributed by atoms with E-state index in [1.807, 2.05) is 18.2 Å². The van der Waals surface area contributed by atoms with E-state index < -0.39 is 17.6 Å². The van der Waals surface area contributed by atoms with E-state index in [-0.39, 0.29) is 31.6 Å². The van der Waals surface area contributed by atoms with Gasteiger partial charge in [-0.3, -0.25) is 9.59 Å². The number of nitrogens with zero attached hydrogens (tertiary/aromatic N) is 2. The fourth-order valence-electron chi connectivity index (χ4n) is 5.42. The quantitative estimate of drug-likeness (QED) is 0.620. The number of carbonyl (C=O) groups is 2. The van der Waals surface area contributed by atoms with Gasteiger partial charge in [0, 0.05) is 38.7 Å². The largest absolute Gasteiger partial charge is 0.483 e. The molecule has 2 aromatic rings. The van der Waals surface area contributed by atoms with Crippen molar-refractivity contribution in [3.05, 3.63) is 53.6 Å². The van der Waals surface area contributed by atoms with Crippen LogP contribution in [-0.2, 0) is 11.2 Å². The Morgan fingerprint density at radius 1 is 0.972 bits per heavy atom. The first-order valence-electron chi connectivity index (χ1n) is 12.3. The summed E-state index contributed by atoms with van der Waals surface area (Å²) in [5, 5.41) is 21.8. The van der Waals surface area contributed by atoms with Crippen LogP contribution in [0.1, 0.15) is 35.2 Å². The molecule has 9 nitrogen and oxygen atoms in total. The molecule has 9 heteroatoms. The lowest BCUT2D eigenvalue weighted by atomic mass is 9.72. The number of hydrogen-bond acceptors (Lipinski definition) is 7. The molecule has 2 atom stereocenters. The van der Waals surface area contributed by atoms with Gasteiger partial charge in [-0.25, -0.2) is 0 Å². The van der Waals surface area contributed by atoms with Crippen molar-refractivity contribution >= 4 is 11.8 Å². The summed E-state index contributed by atoms with van der Waals surface area (Å²) in [4.78, 5) is 29.5. The normalized spacial score (nSPS) is 23.9. The van der Waals surface area contributed by atoms with Crippen LogP contribution in [0.5, 0.6) is 17.2 Å². The lowest BCUT2D eigenvalue weighted by Gasteiger charge is -2.45. The molecule has 192 valence electrons. The predicted octanol–water partition coefficient (Wildman–Crippen LogP) is 1.84. The summed E-state index contributed by atoms with van der Waals surface area (Å²) < 4.78 is 16.5. The fourth-order valence-corrected chi connectivity index (χ4v) is 5.42. The van der Waals surface area contributed by atoms with Crippen LogP contribution in [0.25, 0.3) is 0 Å². The summed E-state index contributed by atoms with van der Waals surface area (Å²) in [7, 11) is 1.73. The highest BCUT2D eigenvalue weighted by Gasteiger charge is 2.41. The highest BCUT2D eigenvalue weighted by atomic mass is 16.7. The number of likely N-dealkylation sites (N-methyl/N-ethyl adjacent to an activating group) is 1. The number of hydrogen-bond donors (Lipinski definition) is 2. The van der Waals surface area contributed by atoms with Crippen LogP contribution in [0.3, 0.4) is 0 Å². The Morgan fingerprint density at radius 3 is 2.53 bits per heavy atom. The van der Waals surface area contributed by atoms with Crippen molar-refractivity contribution in [1.29, 1.82) is 0 Å². The summed E-state index contributed by atoms with van der Waals surface area (Å²) in [6.45, 7) is 1.43. The smallest absolute Gasteiger partial charge is 0.260 e. The molecule has 2 aromatic carbocycles. The van der Waals surface area contributed by atoms with Crippen LogP contribution in [0.15, 0.2) is 42.5 Å². The van der Waals surface area contributed by atoms with E-state index in [1.54, 1.807) is 41.1 Å². The summed E-state index contributed by atoms with van der Waals surface area (Å²) in [6, 6.07) is 12.4. The first-order valence-corrected chi connectivity index (χ1v) is 12.3.